The number of hydrogen-bond acceptors (Lipinski definition) is 0. The molecule has 0 unspecified atom stereocenters. The van der Waals surface area contributed by atoms with Gasteiger partial charge in [-0.3, -0.25) is 9.41 Å². The topological polar surface area (TPSA) is 0 Å². The smallest absolute Gasteiger partial charge is 0.0590 e. The van der Waals surface area contributed by atoms with Gasteiger partial charge in [0.25, 0.3) is 0 Å². The molecule has 0 aromatic carbocycles. The van der Waals surface area contributed by atoms with E-state index in [-0.39, 0.29) is 9.41 Å². The Labute approximate surface area is 51.0 Å². The number of rotatable bonds is 0. The van der Waals surface area contributed by atoms with Crippen molar-refractivity contribution in [3.8, 4) is 0 Å². The summed E-state index contributed by atoms with van der Waals surface area (Å²) in [6.45, 7) is 8.50. The zero-order chi connectivity index (χ0) is 5.41. The van der Waals surface area contributed by atoms with Crippen LogP contribution in [0, 0.1) is 0 Å². The van der Waals surface area contributed by atoms with Crippen molar-refractivity contribution >= 4 is 0 Å². The standard InChI is InChI=1S/2C3H8.2FH/c2*1-3-2;;/h2*3H2,1-2H3;2*1H. The first kappa shape index (κ1) is 24.8. The molecule has 2 heteroatoms. The molecule has 0 radical (unpaired) electrons. The fourth-order valence-corrected chi connectivity index (χ4v) is 0. The zero-order valence-electron chi connectivity index (χ0n) is 6.23. The zero-order valence-corrected chi connectivity index (χ0v) is 6.23. The van der Waals surface area contributed by atoms with Crippen LogP contribution in [-0.4, -0.2) is 0 Å². The van der Waals surface area contributed by atoms with Gasteiger partial charge in [-0.1, -0.05) is 40.5 Å². The van der Waals surface area contributed by atoms with Gasteiger partial charge in [-0.25, -0.2) is 0 Å². The van der Waals surface area contributed by atoms with Gasteiger partial charge in [0, 0.05) is 0 Å². The highest BCUT2D eigenvalue weighted by molar-refractivity contribution is 3.92. The molecule has 0 saturated heterocycles. The molecular formula is C6H18F2. The summed E-state index contributed by atoms with van der Waals surface area (Å²) in [6, 6.07) is 0. The minimum Gasteiger partial charge on any atom is -0.269 e. The lowest BCUT2D eigenvalue weighted by Crippen LogP contribution is -1.27. The molecule has 0 aliphatic carbocycles. The normalized spacial score (nSPS) is 4.50. The fourth-order valence-electron chi connectivity index (χ4n) is 0. The summed E-state index contributed by atoms with van der Waals surface area (Å²) in [4.78, 5) is 0. The highest BCUT2D eigenvalue weighted by Gasteiger charge is 1.36. The van der Waals surface area contributed by atoms with Crippen LogP contribution < -0.4 is 0 Å². The third-order valence-electron chi connectivity index (χ3n) is 0. The first-order valence-corrected chi connectivity index (χ1v) is 2.83. The van der Waals surface area contributed by atoms with Crippen LogP contribution in [-0.2, 0) is 0 Å². The summed E-state index contributed by atoms with van der Waals surface area (Å²) in [5, 5.41) is 0. The van der Waals surface area contributed by atoms with E-state index in [2.05, 4.69) is 27.7 Å². The second-order valence-corrected chi connectivity index (χ2v) is 1.41. The molecule has 8 heavy (non-hydrogen) atoms. The lowest BCUT2D eigenvalue weighted by atomic mass is 10.6. The van der Waals surface area contributed by atoms with Gasteiger partial charge in [0.15, 0.2) is 0 Å². The maximum Gasteiger partial charge on any atom is -0.0590 e. The Hall–Kier alpha value is -0.140. The van der Waals surface area contributed by atoms with Gasteiger partial charge >= 0.3 is 0 Å². The first-order chi connectivity index (χ1) is 2.83. The molecule has 0 aromatic heterocycles. The Morgan fingerprint density at radius 3 is 0.625 bits per heavy atom. The van der Waals surface area contributed by atoms with Crippen molar-refractivity contribution in [2.45, 2.75) is 40.5 Å². The summed E-state index contributed by atoms with van der Waals surface area (Å²) < 4.78 is 0. The molecule has 0 aromatic rings. The van der Waals surface area contributed by atoms with Crippen molar-refractivity contribution in [1.29, 1.82) is 0 Å². The summed E-state index contributed by atoms with van der Waals surface area (Å²) >= 11 is 0. The highest BCUT2D eigenvalue weighted by atomic mass is 19.0. The molecule has 0 nitrogen and oxygen atoms in total. The van der Waals surface area contributed by atoms with Gasteiger partial charge in [0.05, 0.1) is 0 Å². The number of hydrogen-bond donors (Lipinski definition) is 0. The summed E-state index contributed by atoms with van der Waals surface area (Å²) in [6.07, 6.45) is 2.50. The third kappa shape index (κ3) is 7060. The molecule has 0 saturated carbocycles. The van der Waals surface area contributed by atoms with E-state index in [0.29, 0.717) is 0 Å². The van der Waals surface area contributed by atoms with Crippen LogP contribution in [0.1, 0.15) is 40.5 Å². The predicted molar refractivity (Wildman–Crippen MR) is 36.9 cm³/mol. The Balaban J connectivity index is -0.0000000160. The van der Waals surface area contributed by atoms with Crippen LogP contribution in [0.4, 0.5) is 9.41 Å². The van der Waals surface area contributed by atoms with Gasteiger partial charge < -0.3 is 0 Å². The van der Waals surface area contributed by atoms with Crippen molar-refractivity contribution < 1.29 is 9.41 Å². The molecule has 56 valence electrons. The monoisotopic (exact) mass is 128 g/mol. The molecule has 0 heterocycles. The molecule has 0 bridgehead atoms. The summed E-state index contributed by atoms with van der Waals surface area (Å²) in [5.41, 5.74) is 0. The first-order valence-electron chi connectivity index (χ1n) is 2.83. The van der Waals surface area contributed by atoms with Gasteiger partial charge in [-0.15, -0.1) is 0 Å². The average molecular weight is 128 g/mol. The molecule has 0 fully saturated rings. The fraction of sp³-hybridized carbons (Fsp3) is 1.00. The maximum absolute atomic E-state index is 2.12. The maximum atomic E-state index is 2.12. The third-order valence-corrected chi connectivity index (χ3v) is 0. The molecule has 0 spiro atoms. The minimum atomic E-state index is 0. The largest absolute Gasteiger partial charge is 0.269 e. The van der Waals surface area contributed by atoms with Gasteiger partial charge in [0.2, 0.25) is 0 Å². The molecule has 0 aliphatic rings. The Kier molecular flexibility index (Phi) is 211. The lowest BCUT2D eigenvalue weighted by Gasteiger charge is -1.48. The van der Waals surface area contributed by atoms with Crippen LogP contribution in [0.2, 0.25) is 0 Å². The van der Waals surface area contributed by atoms with E-state index in [1.165, 1.54) is 12.8 Å². The van der Waals surface area contributed by atoms with Crippen molar-refractivity contribution in [1.82, 2.24) is 0 Å². The number of halogens is 2. The van der Waals surface area contributed by atoms with Crippen molar-refractivity contribution in [3.63, 3.8) is 0 Å². The van der Waals surface area contributed by atoms with Crippen LogP contribution in [0.25, 0.3) is 0 Å². The Morgan fingerprint density at radius 2 is 0.625 bits per heavy atom. The Morgan fingerprint density at radius 1 is 0.625 bits per heavy atom. The average Bonchev–Trinajstić information content (AvgIpc) is 1.39. The van der Waals surface area contributed by atoms with E-state index in [0.717, 1.165) is 0 Å². The second-order valence-electron chi connectivity index (χ2n) is 1.41. The van der Waals surface area contributed by atoms with Crippen LogP contribution in [0.5, 0.6) is 0 Å². The molecule has 0 amide bonds. The van der Waals surface area contributed by atoms with E-state index in [4.69, 9.17) is 0 Å². The SMILES string of the molecule is CCC.CCC.F.F. The predicted octanol–water partition coefficient (Wildman–Crippen LogP) is 3.14. The highest BCUT2D eigenvalue weighted by Crippen LogP contribution is 1.56. The van der Waals surface area contributed by atoms with E-state index in [1.54, 1.807) is 0 Å². The quantitative estimate of drug-likeness (QED) is 0.470. The van der Waals surface area contributed by atoms with Crippen molar-refractivity contribution in [3.05, 3.63) is 0 Å². The van der Waals surface area contributed by atoms with E-state index in [9.17, 15) is 0 Å². The van der Waals surface area contributed by atoms with E-state index in [1.807, 2.05) is 0 Å². The van der Waals surface area contributed by atoms with E-state index >= 15 is 0 Å². The molecule has 0 aliphatic heterocycles. The Bertz CT molecular complexity index is 8.49. The molecule has 0 rings (SSSR count). The molecule has 0 atom stereocenters. The summed E-state index contributed by atoms with van der Waals surface area (Å²) in [7, 11) is 0. The van der Waals surface area contributed by atoms with Crippen molar-refractivity contribution in [2.75, 3.05) is 0 Å². The van der Waals surface area contributed by atoms with Crippen LogP contribution in [0.3, 0.4) is 0 Å². The molecule has 0 N–H and O–H groups in total. The van der Waals surface area contributed by atoms with E-state index < -0.39 is 0 Å². The summed E-state index contributed by atoms with van der Waals surface area (Å²) in [5.74, 6) is 0. The van der Waals surface area contributed by atoms with Gasteiger partial charge in [0.1, 0.15) is 0 Å². The van der Waals surface area contributed by atoms with Crippen LogP contribution in [0.15, 0.2) is 0 Å². The van der Waals surface area contributed by atoms with Gasteiger partial charge in [-0.2, -0.15) is 0 Å². The lowest BCUT2D eigenvalue weighted by molar-refractivity contribution is 1.09. The minimum absolute atomic E-state index is 0. The van der Waals surface area contributed by atoms with Crippen molar-refractivity contribution in [2.24, 2.45) is 0 Å². The van der Waals surface area contributed by atoms with Crippen LogP contribution >= 0.6 is 0 Å². The molecular weight excluding hydrogens is 110 g/mol. The van der Waals surface area contributed by atoms with Gasteiger partial charge in [-0.05, 0) is 0 Å². The second kappa shape index (κ2) is 68.1.